The van der Waals surface area contributed by atoms with E-state index in [9.17, 15) is 8.78 Å². The molecule has 102 valence electrons. The number of hydrogen-bond donors (Lipinski definition) is 2. The van der Waals surface area contributed by atoms with Gasteiger partial charge in [-0.2, -0.15) is 5.26 Å². The van der Waals surface area contributed by atoms with Crippen molar-refractivity contribution in [1.29, 1.82) is 5.26 Å². The Kier molecular flexibility index (Phi) is 4.20. The Morgan fingerprint density at radius 2 is 1.85 bits per heavy atom. The van der Waals surface area contributed by atoms with E-state index < -0.39 is 6.43 Å². The van der Waals surface area contributed by atoms with Crippen molar-refractivity contribution < 1.29 is 8.78 Å². The van der Waals surface area contributed by atoms with E-state index in [0.717, 1.165) is 4.47 Å². The minimum atomic E-state index is -2.65. The number of nitrogens with one attached hydrogen (secondary N) is 1. The van der Waals surface area contributed by atoms with Crippen LogP contribution in [0, 0.1) is 11.3 Å². The van der Waals surface area contributed by atoms with Gasteiger partial charge in [-0.25, -0.2) is 8.78 Å². The number of rotatable bonds is 3. The molecule has 6 heteroatoms. The molecular formula is C14H10BrF2N3. The Hall–Kier alpha value is -2.13. The Labute approximate surface area is 123 Å². The molecule has 0 bridgehead atoms. The van der Waals surface area contributed by atoms with Gasteiger partial charge in [0.05, 0.1) is 11.3 Å². The van der Waals surface area contributed by atoms with E-state index in [-0.39, 0.29) is 16.9 Å². The summed E-state index contributed by atoms with van der Waals surface area (Å²) in [7, 11) is 0. The first-order valence-corrected chi connectivity index (χ1v) is 6.45. The number of hydrogen-bond acceptors (Lipinski definition) is 3. The largest absolute Gasteiger partial charge is 0.399 e. The third-order valence-corrected chi connectivity index (χ3v) is 3.18. The van der Waals surface area contributed by atoms with Crippen LogP contribution in [0.4, 0.5) is 25.8 Å². The molecule has 0 aliphatic rings. The number of nitrogen functional groups attached to an aromatic ring is 1. The first-order valence-electron chi connectivity index (χ1n) is 5.65. The third kappa shape index (κ3) is 3.06. The monoisotopic (exact) mass is 337 g/mol. The van der Waals surface area contributed by atoms with Gasteiger partial charge < -0.3 is 11.1 Å². The molecule has 0 aliphatic carbocycles. The Morgan fingerprint density at radius 1 is 1.15 bits per heavy atom. The van der Waals surface area contributed by atoms with Gasteiger partial charge in [-0.05, 0) is 36.4 Å². The Bertz CT molecular complexity index is 681. The molecule has 0 atom stereocenters. The topological polar surface area (TPSA) is 61.8 Å². The highest BCUT2D eigenvalue weighted by Crippen LogP contribution is 2.32. The van der Waals surface area contributed by atoms with Crippen LogP contribution in [0.5, 0.6) is 0 Å². The van der Waals surface area contributed by atoms with Crippen molar-refractivity contribution in [3.63, 3.8) is 0 Å². The molecule has 0 amide bonds. The summed E-state index contributed by atoms with van der Waals surface area (Å²) < 4.78 is 26.7. The van der Waals surface area contributed by atoms with E-state index in [1.807, 2.05) is 6.07 Å². The molecule has 0 radical (unpaired) electrons. The maximum Gasteiger partial charge on any atom is 0.265 e. The zero-order valence-electron chi connectivity index (χ0n) is 10.2. The van der Waals surface area contributed by atoms with Gasteiger partial charge in [0.1, 0.15) is 6.07 Å². The highest BCUT2D eigenvalue weighted by Gasteiger charge is 2.14. The van der Waals surface area contributed by atoms with Gasteiger partial charge in [-0.15, -0.1) is 0 Å². The van der Waals surface area contributed by atoms with Crippen LogP contribution in [0.2, 0.25) is 0 Å². The second kappa shape index (κ2) is 5.88. The van der Waals surface area contributed by atoms with E-state index in [1.54, 1.807) is 18.2 Å². The van der Waals surface area contributed by atoms with Crippen molar-refractivity contribution in [3.8, 4) is 6.07 Å². The summed E-state index contributed by atoms with van der Waals surface area (Å²) in [5.74, 6) is 0. The van der Waals surface area contributed by atoms with Crippen LogP contribution in [0.25, 0.3) is 0 Å². The normalized spacial score (nSPS) is 10.3. The molecule has 0 saturated heterocycles. The van der Waals surface area contributed by atoms with Crippen LogP contribution in [0.1, 0.15) is 17.6 Å². The Balaban J connectivity index is 2.43. The number of nitriles is 1. The van der Waals surface area contributed by atoms with Crippen LogP contribution in [-0.2, 0) is 0 Å². The average Bonchev–Trinajstić information content (AvgIpc) is 2.42. The summed E-state index contributed by atoms with van der Waals surface area (Å²) in [6, 6.07) is 11.2. The van der Waals surface area contributed by atoms with Crippen molar-refractivity contribution in [2.45, 2.75) is 6.43 Å². The van der Waals surface area contributed by atoms with E-state index in [4.69, 9.17) is 11.0 Å². The SMILES string of the molecule is N#Cc1cc(Br)ccc1Nc1ccc(N)cc1C(F)F. The minimum Gasteiger partial charge on any atom is -0.399 e. The number of halogens is 3. The number of anilines is 3. The molecule has 0 heterocycles. The van der Waals surface area contributed by atoms with E-state index in [2.05, 4.69) is 21.2 Å². The molecule has 0 aromatic heterocycles. The zero-order chi connectivity index (χ0) is 14.7. The van der Waals surface area contributed by atoms with E-state index in [0.29, 0.717) is 11.3 Å². The number of nitrogens with two attached hydrogens (primary N) is 1. The first-order chi connectivity index (χ1) is 9.51. The molecule has 0 unspecified atom stereocenters. The van der Waals surface area contributed by atoms with Gasteiger partial charge in [0, 0.05) is 21.4 Å². The Morgan fingerprint density at radius 3 is 2.50 bits per heavy atom. The van der Waals surface area contributed by atoms with Crippen molar-refractivity contribution in [3.05, 3.63) is 52.0 Å². The molecule has 2 aromatic rings. The lowest BCUT2D eigenvalue weighted by atomic mass is 10.1. The summed E-state index contributed by atoms with van der Waals surface area (Å²) in [4.78, 5) is 0. The summed E-state index contributed by atoms with van der Waals surface area (Å²) in [6.45, 7) is 0. The molecule has 20 heavy (non-hydrogen) atoms. The lowest BCUT2D eigenvalue weighted by Crippen LogP contribution is -2.00. The molecular weight excluding hydrogens is 328 g/mol. The molecule has 3 nitrogen and oxygen atoms in total. The summed E-state index contributed by atoms with van der Waals surface area (Å²) in [6.07, 6.45) is -2.65. The predicted octanol–water partition coefficient (Wildman–Crippen LogP) is 4.58. The fourth-order valence-electron chi connectivity index (χ4n) is 1.74. The lowest BCUT2D eigenvalue weighted by Gasteiger charge is -2.13. The summed E-state index contributed by atoms with van der Waals surface area (Å²) >= 11 is 3.25. The fourth-order valence-corrected chi connectivity index (χ4v) is 2.10. The van der Waals surface area contributed by atoms with Gasteiger partial charge in [0.2, 0.25) is 0 Å². The molecule has 2 rings (SSSR count). The number of benzene rings is 2. The summed E-state index contributed by atoms with van der Waals surface area (Å²) in [5, 5.41) is 11.9. The fraction of sp³-hybridized carbons (Fsp3) is 0.0714. The quantitative estimate of drug-likeness (QED) is 0.805. The van der Waals surface area contributed by atoms with Gasteiger partial charge in [-0.3, -0.25) is 0 Å². The van der Waals surface area contributed by atoms with Crippen molar-refractivity contribution in [1.82, 2.24) is 0 Å². The number of nitrogens with zero attached hydrogens (tertiary/aromatic N) is 1. The maximum absolute atomic E-state index is 13.0. The highest BCUT2D eigenvalue weighted by molar-refractivity contribution is 9.10. The summed E-state index contributed by atoms with van der Waals surface area (Å²) in [5.41, 5.74) is 6.63. The molecule has 0 fully saturated rings. The molecule has 0 spiro atoms. The zero-order valence-corrected chi connectivity index (χ0v) is 11.8. The minimum absolute atomic E-state index is 0.197. The standard InChI is InChI=1S/C14H10BrF2N3/c15-9-1-3-12(8(5-9)7-18)20-13-4-2-10(19)6-11(13)14(16)17/h1-6,14,20H,19H2. The third-order valence-electron chi connectivity index (χ3n) is 2.68. The van der Waals surface area contributed by atoms with Crippen molar-refractivity contribution in [2.24, 2.45) is 0 Å². The van der Waals surface area contributed by atoms with Gasteiger partial charge >= 0.3 is 0 Å². The highest BCUT2D eigenvalue weighted by atomic mass is 79.9. The van der Waals surface area contributed by atoms with Crippen LogP contribution in [-0.4, -0.2) is 0 Å². The predicted molar refractivity (Wildman–Crippen MR) is 78.0 cm³/mol. The number of alkyl halides is 2. The van der Waals surface area contributed by atoms with Crippen molar-refractivity contribution >= 4 is 33.0 Å². The average molecular weight is 338 g/mol. The van der Waals surface area contributed by atoms with Crippen LogP contribution in [0.15, 0.2) is 40.9 Å². The molecule has 0 aliphatic heterocycles. The molecule has 3 N–H and O–H groups in total. The second-order valence-corrected chi connectivity index (χ2v) is 4.99. The van der Waals surface area contributed by atoms with Crippen LogP contribution >= 0.6 is 15.9 Å². The van der Waals surface area contributed by atoms with Gasteiger partial charge in [-0.1, -0.05) is 15.9 Å². The van der Waals surface area contributed by atoms with Crippen LogP contribution in [0.3, 0.4) is 0 Å². The van der Waals surface area contributed by atoms with Gasteiger partial charge in [0.25, 0.3) is 6.43 Å². The first kappa shape index (κ1) is 14.3. The van der Waals surface area contributed by atoms with Crippen molar-refractivity contribution in [2.75, 3.05) is 11.1 Å². The smallest absolute Gasteiger partial charge is 0.265 e. The van der Waals surface area contributed by atoms with E-state index >= 15 is 0 Å². The maximum atomic E-state index is 13.0. The molecule has 0 saturated carbocycles. The van der Waals surface area contributed by atoms with Gasteiger partial charge in [0.15, 0.2) is 0 Å². The lowest BCUT2D eigenvalue weighted by molar-refractivity contribution is 0.152. The molecule has 2 aromatic carbocycles. The van der Waals surface area contributed by atoms with E-state index in [1.165, 1.54) is 18.2 Å². The van der Waals surface area contributed by atoms with Crippen LogP contribution < -0.4 is 11.1 Å². The second-order valence-electron chi connectivity index (χ2n) is 4.07.